The lowest BCUT2D eigenvalue weighted by molar-refractivity contribution is 1.14. The van der Waals surface area contributed by atoms with Crippen molar-refractivity contribution >= 4 is 109 Å². The summed E-state index contributed by atoms with van der Waals surface area (Å²) in [6, 6.07) is 119. The van der Waals surface area contributed by atoms with E-state index in [4.69, 9.17) is 9.97 Å². The van der Waals surface area contributed by atoms with Crippen molar-refractivity contribution in [2.75, 3.05) is 0 Å². The monoisotopic (exact) mass is 1190 g/mol. The Morgan fingerprint density at radius 3 is 1.03 bits per heavy atom. The Morgan fingerprint density at radius 2 is 0.553 bits per heavy atom. The van der Waals surface area contributed by atoms with E-state index in [0.29, 0.717) is 0 Å². The highest BCUT2D eigenvalue weighted by Crippen LogP contribution is 2.47. The van der Waals surface area contributed by atoms with Crippen LogP contribution in [0.15, 0.2) is 340 Å². The molecule has 0 aliphatic heterocycles. The van der Waals surface area contributed by atoms with Gasteiger partial charge in [-0.05, 0) is 204 Å². The van der Waals surface area contributed by atoms with Gasteiger partial charge in [0, 0.05) is 39.9 Å². The van der Waals surface area contributed by atoms with Crippen LogP contribution in [-0.2, 0) is 0 Å². The number of para-hydroxylation sites is 2. The molecule has 0 aliphatic carbocycles. The minimum Gasteiger partial charge on any atom is -0.308 e. The van der Waals surface area contributed by atoms with Crippen molar-refractivity contribution in [2.45, 2.75) is 0 Å². The van der Waals surface area contributed by atoms with Gasteiger partial charge in [0.05, 0.1) is 22.1 Å². The third kappa shape index (κ3) is 8.54. The van der Waals surface area contributed by atoms with Crippen LogP contribution in [0.5, 0.6) is 0 Å². The van der Waals surface area contributed by atoms with Crippen LogP contribution in [0.25, 0.3) is 187 Å². The smallest absolute Gasteiger partial charge is 0.145 e. The molecule has 0 radical (unpaired) electrons. The van der Waals surface area contributed by atoms with Gasteiger partial charge in [-0.25, -0.2) is 4.98 Å². The van der Waals surface area contributed by atoms with Crippen LogP contribution in [0.2, 0.25) is 0 Å². The largest absolute Gasteiger partial charge is 0.308 e. The number of rotatable bonds is 8. The van der Waals surface area contributed by atoms with E-state index in [-0.39, 0.29) is 0 Å². The number of hydrogen-bond acceptors (Lipinski definition) is 2. The first kappa shape index (κ1) is 53.3. The lowest BCUT2D eigenvalue weighted by Crippen LogP contribution is -1.95. The standard InChI is InChI=1S/2C45H28N2/c1-2-8-29(9-3-1)30-15-17-31(18-16-30)40-28-41(38-26-22-34-11-6-10-33-21-25-37(40)44(38)43(33)34)32-19-23-35(24-20-32)47-42-14-5-4-12-36(42)39-13-7-27-46-45(39)47;1-2-8-29(9-3-1)30-15-17-31(18-16-30)39-28-40(37-26-22-34-11-6-10-33-21-25-36(39)44(37)43(33)34)32-19-23-35(24-20-32)47-41-13-5-4-12-38(41)45-42(47)14-7-27-46-45/h2*1-28H. The zero-order chi connectivity index (χ0) is 61.8. The van der Waals surface area contributed by atoms with E-state index in [1.807, 2.05) is 24.5 Å². The van der Waals surface area contributed by atoms with Crippen LogP contribution < -0.4 is 0 Å². The minimum absolute atomic E-state index is 0.977. The van der Waals surface area contributed by atoms with E-state index < -0.39 is 0 Å². The predicted molar refractivity (Wildman–Crippen MR) is 397 cm³/mol. The predicted octanol–water partition coefficient (Wildman–Crippen LogP) is 24.2. The van der Waals surface area contributed by atoms with Crippen molar-refractivity contribution in [3.8, 4) is 78.1 Å². The van der Waals surface area contributed by atoms with Gasteiger partial charge in [-0.3, -0.25) is 9.55 Å². The first-order chi connectivity index (χ1) is 46.6. The molecule has 4 aromatic heterocycles. The summed E-state index contributed by atoms with van der Waals surface area (Å²) in [5.74, 6) is 0. The van der Waals surface area contributed by atoms with Crippen LogP contribution in [0, 0.1) is 0 Å². The molecule has 4 nitrogen and oxygen atoms in total. The fraction of sp³-hybridized carbons (Fsp3) is 0. The summed E-state index contributed by atoms with van der Waals surface area (Å²) in [7, 11) is 0. The van der Waals surface area contributed by atoms with Crippen LogP contribution in [-0.4, -0.2) is 19.1 Å². The Labute approximate surface area is 542 Å². The molecule has 94 heavy (non-hydrogen) atoms. The molecule has 20 rings (SSSR count). The number of aromatic nitrogens is 4. The lowest BCUT2D eigenvalue weighted by Gasteiger charge is -2.18. The van der Waals surface area contributed by atoms with Gasteiger partial charge in [0.25, 0.3) is 0 Å². The highest BCUT2D eigenvalue weighted by molar-refractivity contribution is 6.30. The maximum atomic E-state index is 4.80. The molecule has 0 fully saturated rings. The van der Waals surface area contributed by atoms with E-state index >= 15 is 0 Å². The zero-order valence-electron chi connectivity index (χ0n) is 51.1. The highest BCUT2D eigenvalue weighted by atomic mass is 15.0. The topological polar surface area (TPSA) is 35.6 Å². The normalized spacial score (nSPS) is 11.8. The second-order valence-electron chi connectivity index (χ2n) is 24.7. The summed E-state index contributed by atoms with van der Waals surface area (Å²) in [4.78, 5) is 9.53. The molecule has 0 saturated heterocycles. The maximum Gasteiger partial charge on any atom is 0.145 e. The van der Waals surface area contributed by atoms with Gasteiger partial charge >= 0.3 is 0 Å². The van der Waals surface area contributed by atoms with E-state index in [0.717, 1.165) is 39.1 Å². The SMILES string of the molecule is c1ccc(-c2ccc(-c3cc(-c4ccc(-n5c6ccccc6c6cccnc65)cc4)c4ccc5cccc6ccc3c4c65)cc2)cc1.c1ccc(-c2ccc(-c3cc(-c4ccc(-n5c6ccccc6c6ncccc65)cc4)c4ccc5cccc6ccc3c4c65)cc2)cc1. The quantitative estimate of drug-likeness (QED) is 0.142. The third-order valence-electron chi connectivity index (χ3n) is 19.6. The van der Waals surface area contributed by atoms with E-state index in [2.05, 4.69) is 325 Å². The minimum atomic E-state index is 0.977. The number of benzene rings is 16. The maximum absolute atomic E-state index is 4.80. The van der Waals surface area contributed by atoms with Crippen molar-refractivity contribution in [3.05, 3.63) is 340 Å². The van der Waals surface area contributed by atoms with Crippen molar-refractivity contribution in [3.63, 3.8) is 0 Å². The van der Waals surface area contributed by atoms with E-state index in [9.17, 15) is 0 Å². The lowest BCUT2D eigenvalue weighted by atomic mass is 9.85. The van der Waals surface area contributed by atoms with Crippen LogP contribution in [0.4, 0.5) is 0 Å². The molecular weight excluding hydrogens is 1140 g/mol. The van der Waals surface area contributed by atoms with Crippen molar-refractivity contribution < 1.29 is 0 Å². The number of pyridine rings is 2. The van der Waals surface area contributed by atoms with Gasteiger partial charge in [0.1, 0.15) is 5.65 Å². The van der Waals surface area contributed by atoms with Crippen molar-refractivity contribution in [2.24, 2.45) is 0 Å². The third-order valence-corrected chi connectivity index (χ3v) is 19.6. The molecule has 4 heteroatoms. The van der Waals surface area contributed by atoms with Gasteiger partial charge in [0.15, 0.2) is 0 Å². The van der Waals surface area contributed by atoms with Crippen molar-refractivity contribution in [1.82, 2.24) is 19.1 Å². The average molecular weight is 1190 g/mol. The summed E-state index contributed by atoms with van der Waals surface area (Å²) in [5.41, 5.74) is 22.4. The summed E-state index contributed by atoms with van der Waals surface area (Å²) in [5, 5.41) is 19.1. The molecule has 0 spiro atoms. The molecule has 0 aliphatic rings. The Morgan fingerprint density at radius 1 is 0.202 bits per heavy atom. The van der Waals surface area contributed by atoms with Crippen LogP contribution in [0.1, 0.15) is 0 Å². The van der Waals surface area contributed by atoms with Gasteiger partial charge in [-0.1, -0.05) is 255 Å². The van der Waals surface area contributed by atoms with Gasteiger partial charge in [-0.2, -0.15) is 0 Å². The molecule has 0 unspecified atom stereocenters. The molecule has 0 N–H and O–H groups in total. The zero-order valence-corrected chi connectivity index (χ0v) is 51.1. The summed E-state index contributed by atoms with van der Waals surface area (Å²) >= 11 is 0. The molecule has 0 saturated carbocycles. The van der Waals surface area contributed by atoms with Crippen LogP contribution >= 0.6 is 0 Å². The Hall–Kier alpha value is -12.5. The summed E-state index contributed by atoms with van der Waals surface area (Å²) in [6.07, 6.45) is 3.76. The Kier molecular flexibility index (Phi) is 12.3. The van der Waals surface area contributed by atoms with Crippen molar-refractivity contribution in [1.29, 1.82) is 0 Å². The second kappa shape index (κ2) is 21.6. The van der Waals surface area contributed by atoms with E-state index in [1.165, 1.54) is 148 Å². The number of fused-ring (bicyclic) bond motifs is 6. The molecule has 436 valence electrons. The molecule has 20 aromatic rings. The first-order valence-corrected chi connectivity index (χ1v) is 32.3. The fourth-order valence-electron chi connectivity index (χ4n) is 15.3. The molecule has 16 aromatic carbocycles. The van der Waals surface area contributed by atoms with Gasteiger partial charge < -0.3 is 4.57 Å². The molecule has 0 amide bonds. The number of nitrogens with zero attached hydrogens (tertiary/aromatic N) is 4. The second-order valence-corrected chi connectivity index (χ2v) is 24.7. The summed E-state index contributed by atoms with van der Waals surface area (Å²) in [6.45, 7) is 0. The fourth-order valence-corrected chi connectivity index (χ4v) is 15.3. The summed E-state index contributed by atoms with van der Waals surface area (Å²) < 4.78 is 4.60. The van der Waals surface area contributed by atoms with Crippen LogP contribution in [0.3, 0.4) is 0 Å². The van der Waals surface area contributed by atoms with Gasteiger partial charge in [0.2, 0.25) is 0 Å². The Balaban J connectivity index is 0.000000133. The Bertz CT molecular complexity index is 5760. The molecule has 0 atom stereocenters. The van der Waals surface area contributed by atoms with Gasteiger partial charge in [-0.15, -0.1) is 0 Å². The average Bonchev–Trinajstić information content (AvgIpc) is 1.20. The molecule has 4 heterocycles. The molecule has 0 bridgehead atoms. The first-order valence-electron chi connectivity index (χ1n) is 32.3. The highest BCUT2D eigenvalue weighted by Gasteiger charge is 2.21. The van der Waals surface area contributed by atoms with E-state index in [1.54, 1.807) is 0 Å². The molecular formula is C90H56N4. The number of hydrogen-bond donors (Lipinski definition) is 0.